The number of aromatic nitrogens is 2. The molecule has 0 saturated carbocycles. The summed E-state index contributed by atoms with van der Waals surface area (Å²) in [6.07, 6.45) is 4.78. The van der Waals surface area contributed by atoms with Gasteiger partial charge in [-0.05, 0) is 27.0 Å². The van der Waals surface area contributed by atoms with Gasteiger partial charge in [0.25, 0.3) is 0 Å². The summed E-state index contributed by atoms with van der Waals surface area (Å²) < 4.78 is 8.35. The smallest absolute Gasteiger partial charge is 0.142 e. The van der Waals surface area contributed by atoms with Crippen molar-refractivity contribution in [1.29, 1.82) is 0 Å². The molecule has 0 aliphatic carbocycles. The lowest BCUT2D eigenvalue weighted by atomic mass is 9.94. The first kappa shape index (κ1) is 13.2. The summed E-state index contributed by atoms with van der Waals surface area (Å²) in [4.78, 5) is 4.25. The highest BCUT2D eigenvalue weighted by Gasteiger charge is 2.30. The van der Waals surface area contributed by atoms with Gasteiger partial charge >= 0.3 is 0 Å². The first-order valence-electron chi connectivity index (χ1n) is 7.17. The number of imidazole rings is 1. The van der Waals surface area contributed by atoms with Gasteiger partial charge in [0.05, 0.1) is 18.2 Å². The molecule has 0 radical (unpaired) electrons. The van der Waals surface area contributed by atoms with Crippen LogP contribution >= 0.6 is 0 Å². The van der Waals surface area contributed by atoms with Crippen molar-refractivity contribution in [1.82, 2.24) is 14.9 Å². The second kappa shape index (κ2) is 5.29. The third-order valence-electron chi connectivity index (χ3n) is 4.02. The molecule has 0 saturated heterocycles. The highest BCUT2D eigenvalue weighted by Crippen LogP contribution is 2.40. The largest absolute Gasteiger partial charge is 0.484 e. The van der Waals surface area contributed by atoms with Crippen molar-refractivity contribution in [2.24, 2.45) is 0 Å². The topological polar surface area (TPSA) is 39.1 Å². The van der Waals surface area contributed by atoms with Crippen LogP contribution in [0.15, 0.2) is 30.7 Å². The zero-order valence-corrected chi connectivity index (χ0v) is 12.3. The summed E-state index contributed by atoms with van der Waals surface area (Å²) >= 11 is 0. The van der Waals surface area contributed by atoms with Gasteiger partial charge in [-0.1, -0.05) is 17.7 Å². The molecular weight excluding hydrogens is 250 g/mol. The number of benzene rings is 1. The quantitative estimate of drug-likeness (QED) is 0.932. The number of fused-ring (bicyclic) bond motifs is 1. The average Bonchev–Trinajstić information content (AvgIpc) is 2.94. The van der Waals surface area contributed by atoms with Crippen molar-refractivity contribution in [2.75, 3.05) is 7.05 Å². The third-order valence-corrected chi connectivity index (χ3v) is 4.02. The molecule has 4 heteroatoms. The standard InChI is InChI=1S/C16H21N3O/c1-4-19-10-18-9-14(19)16-8-13(17-3)12-7-11(2)5-6-15(12)20-16/h5-7,9-10,13,16-17H,4,8H2,1-3H3. The zero-order valence-electron chi connectivity index (χ0n) is 12.3. The van der Waals surface area contributed by atoms with E-state index in [1.54, 1.807) is 0 Å². The maximum Gasteiger partial charge on any atom is 0.142 e. The number of nitrogens with one attached hydrogen (secondary N) is 1. The van der Waals surface area contributed by atoms with Crippen LogP contribution in [0.25, 0.3) is 0 Å². The van der Waals surface area contributed by atoms with E-state index in [1.807, 2.05) is 19.6 Å². The highest BCUT2D eigenvalue weighted by atomic mass is 16.5. The average molecular weight is 271 g/mol. The van der Waals surface area contributed by atoms with Crippen LogP contribution < -0.4 is 10.1 Å². The van der Waals surface area contributed by atoms with E-state index in [1.165, 1.54) is 11.1 Å². The van der Waals surface area contributed by atoms with Crippen LogP contribution in [0.1, 0.15) is 42.3 Å². The second-order valence-electron chi connectivity index (χ2n) is 5.33. The molecule has 2 heterocycles. The zero-order chi connectivity index (χ0) is 14.1. The lowest BCUT2D eigenvalue weighted by molar-refractivity contribution is 0.146. The van der Waals surface area contributed by atoms with Gasteiger partial charge in [0.2, 0.25) is 0 Å². The molecule has 0 bridgehead atoms. The van der Waals surface area contributed by atoms with E-state index < -0.39 is 0 Å². The first-order chi connectivity index (χ1) is 9.72. The molecule has 0 fully saturated rings. The molecule has 1 aromatic heterocycles. The Morgan fingerprint density at radius 2 is 2.30 bits per heavy atom. The minimum absolute atomic E-state index is 0.0603. The summed E-state index contributed by atoms with van der Waals surface area (Å²) in [7, 11) is 2.01. The van der Waals surface area contributed by atoms with Crippen LogP contribution in [0.5, 0.6) is 5.75 Å². The van der Waals surface area contributed by atoms with Gasteiger partial charge in [-0.3, -0.25) is 0 Å². The minimum Gasteiger partial charge on any atom is -0.484 e. The molecular formula is C16H21N3O. The van der Waals surface area contributed by atoms with E-state index in [0.717, 1.165) is 24.4 Å². The maximum atomic E-state index is 6.21. The van der Waals surface area contributed by atoms with Gasteiger partial charge in [0.1, 0.15) is 11.9 Å². The first-order valence-corrected chi connectivity index (χ1v) is 7.17. The Balaban J connectivity index is 1.97. The fourth-order valence-corrected chi connectivity index (χ4v) is 2.91. The lowest BCUT2D eigenvalue weighted by Crippen LogP contribution is -2.28. The number of rotatable bonds is 3. The number of aryl methyl sites for hydroxylation is 2. The van der Waals surface area contributed by atoms with E-state index in [-0.39, 0.29) is 6.10 Å². The Kier molecular flexibility index (Phi) is 3.49. The highest BCUT2D eigenvalue weighted by molar-refractivity contribution is 5.41. The summed E-state index contributed by atoms with van der Waals surface area (Å²) in [5, 5.41) is 3.41. The van der Waals surface area contributed by atoms with Crippen LogP contribution in [0.4, 0.5) is 0 Å². The number of hydrogen-bond donors (Lipinski definition) is 1. The van der Waals surface area contributed by atoms with Crippen LogP contribution in [0, 0.1) is 6.92 Å². The summed E-state index contributed by atoms with van der Waals surface area (Å²) in [6.45, 7) is 5.16. The molecule has 1 aliphatic rings. The Labute approximate surface area is 119 Å². The number of ether oxygens (including phenoxy) is 1. The van der Waals surface area contributed by atoms with Gasteiger partial charge in [-0.15, -0.1) is 0 Å². The molecule has 1 aliphatic heterocycles. The normalized spacial score (nSPS) is 21.4. The van der Waals surface area contributed by atoms with Crippen molar-refractivity contribution in [3.8, 4) is 5.75 Å². The van der Waals surface area contributed by atoms with Gasteiger partial charge in [-0.25, -0.2) is 4.98 Å². The van der Waals surface area contributed by atoms with Gasteiger partial charge in [-0.2, -0.15) is 0 Å². The lowest BCUT2D eigenvalue weighted by Gasteiger charge is -2.32. The third kappa shape index (κ3) is 2.20. The summed E-state index contributed by atoms with van der Waals surface area (Å²) in [5.41, 5.74) is 3.68. The second-order valence-corrected chi connectivity index (χ2v) is 5.33. The van der Waals surface area contributed by atoms with Crippen molar-refractivity contribution >= 4 is 0 Å². The van der Waals surface area contributed by atoms with Crippen LogP contribution in [0.2, 0.25) is 0 Å². The molecule has 106 valence electrons. The minimum atomic E-state index is 0.0603. The molecule has 1 N–H and O–H groups in total. The van der Waals surface area contributed by atoms with Crippen molar-refractivity contribution in [2.45, 2.75) is 39.0 Å². The molecule has 2 atom stereocenters. The Hall–Kier alpha value is -1.81. The summed E-state index contributed by atoms with van der Waals surface area (Å²) in [5.74, 6) is 0.982. The molecule has 2 aromatic rings. The van der Waals surface area contributed by atoms with Gasteiger partial charge < -0.3 is 14.6 Å². The number of hydrogen-bond acceptors (Lipinski definition) is 3. The predicted octanol–water partition coefficient (Wildman–Crippen LogP) is 3.00. The van der Waals surface area contributed by atoms with E-state index in [9.17, 15) is 0 Å². The van der Waals surface area contributed by atoms with Crippen LogP contribution in [0.3, 0.4) is 0 Å². The van der Waals surface area contributed by atoms with Crippen molar-refractivity contribution in [3.63, 3.8) is 0 Å². The maximum absolute atomic E-state index is 6.21. The molecule has 4 nitrogen and oxygen atoms in total. The Morgan fingerprint density at radius 3 is 3.05 bits per heavy atom. The molecule has 3 rings (SSSR count). The van der Waals surface area contributed by atoms with E-state index in [0.29, 0.717) is 6.04 Å². The monoisotopic (exact) mass is 271 g/mol. The summed E-state index contributed by atoms with van der Waals surface area (Å²) in [6, 6.07) is 6.71. The Bertz CT molecular complexity index is 606. The Morgan fingerprint density at radius 1 is 1.45 bits per heavy atom. The van der Waals surface area contributed by atoms with E-state index in [2.05, 4.69) is 46.9 Å². The molecule has 2 unspecified atom stereocenters. The molecule has 0 amide bonds. The molecule has 20 heavy (non-hydrogen) atoms. The van der Waals surface area contributed by atoms with E-state index in [4.69, 9.17) is 4.74 Å². The fourth-order valence-electron chi connectivity index (χ4n) is 2.91. The van der Waals surface area contributed by atoms with Gasteiger partial charge in [0.15, 0.2) is 0 Å². The SMILES string of the molecule is CCn1cncc1C1CC(NC)c2cc(C)ccc2O1. The number of nitrogens with zero attached hydrogens (tertiary/aromatic N) is 2. The fraction of sp³-hybridized carbons (Fsp3) is 0.438. The predicted molar refractivity (Wildman–Crippen MR) is 78.9 cm³/mol. The van der Waals surface area contributed by atoms with Crippen LogP contribution in [-0.2, 0) is 6.54 Å². The van der Waals surface area contributed by atoms with Crippen LogP contribution in [-0.4, -0.2) is 16.6 Å². The molecule has 1 aromatic carbocycles. The van der Waals surface area contributed by atoms with Crippen molar-refractivity contribution < 1.29 is 4.74 Å². The van der Waals surface area contributed by atoms with Gasteiger partial charge in [0, 0.05) is 24.6 Å². The molecule has 0 spiro atoms. The van der Waals surface area contributed by atoms with E-state index >= 15 is 0 Å². The van der Waals surface area contributed by atoms with Crippen molar-refractivity contribution in [3.05, 3.63) is 47.5 Å².